The minimum atomic E-state index is -0.759. The Morgan fingerprint density at radius 1 is 0.972 bits per heavy atom. The summed E-state index contributed by atoms with van der Waals surface area (Å²) in [5.41, 5.74) is 2.31. The molecule has 1 saturated heterocycles. The lowest BCUT2D eigenvalue weighted by atomic mass is 9.80. The third-order valence-corrected chi connectivity index (χ3v) is 6.07. The van der Waals surface area contributed by atoms with Crippen LogP contribution in [0.5, 0.6) is 11.5 Å². The van der Waals surface area contributed by atoms with Crippen LogP contribution in [0.1, 0.15) is 51.5 Å². The highest BCUT2D eigenvalue weighted by atomic mass is 16.7. The lowest BCUT2D eigenvalue weighted by Gasteiger charge is -2.30. The van der Waals surface area contributed by atoms with Gasteiger partial charge in [0.15, 0.2) is 18.1 Å². The van der Waals surface area contributed by atoms with Gasteiger partial charge >= 0.3 is 17.9 Å². The standard InChI is InChI=1S/C26H34N2O8/c1-6-34-26(31)23-17(3)27-16(2)22(25(30)33-5)24(23)18-10-11-19(20(14-18)32-4)35-15-21(29)36-28-12-8-7-9-13-28/h10-11,14,24,27H,6-9,12-13,15H2,1-5H3. The Labute approximate surface area is 211 Å². The van der Waals surface area contributed by atoms with Gasteiger partial charge in [0.25, 0.3) is 0 Å². The molecule has 1 aromatic carbocycles. The number of nitrogens with zero attached hydrogens (tertiary/aromatic N) is 1. The van der Waals surface area contributed by atoms with E-state index in [0.717, 1.165) is 19.3 Å². The molecule has 0 saturated carbocycles. The number of piperidine rings is 1. The molecule has 0 bridgehead atoms. The van der Waals surface area contributed by atoms with Crippen LogP contribution in [0.15, 0.2) is 40.7 Å². The topological polar surface area (TPSA) is 113 Å². The molecule has 0 aliphatic carbocycles. The quantitative estimate of drug-likeness (QED) is 0.506. The maximum absolute atomic E-state index is 12.9. The number of carbonyl (C=O) groups is 3. The smallest absolute Gasteiger partial charge is 0.362 e. The number of rotatable bonds is 9. The van der Waals surface area contributed by atoms with Gasteiger partial charge in [-0.15, -0.1) is 5.06 Å². The van der Waals surface area contributed by atoms with Crippen LogP contribution >= 0.6 is 0 Å². The van der Waals surface area contributed by atoms with Crippen LogP contribution in [0.3, 0.4) is 0 Å². The lowest BCUT2D eigenvalue weighted by molar-refractivity contribution is -0.196. The first-order valence-electron chi connectivity index (χ1n) is 12.0. The second-order valence-electron chi connectivity index (χ2n) is 8.50. The summed E-state index contributed by atoms with van der Waals surface area (Å²) in [6, 6.07) is 5.02. The van der Waals surface area contributed by atoms with Crippen molar-refractivity contribution in [2.24, 2.45) is 0 Å². The van der Waals surface area contributed by atoms with Gasteiger partial charge in [0.1, 0.15) is 0 Å². The summed E-state index contributed by atoms with van der Waals surface area (Å²) >= 11 is 0. The summed E-state index contributed by atoms with van der Waals surface area (Å²) in [5.74, 6) is -1.72. The van der Waals surface area contributed by atoms with E-state index in [9.17, 15) is 14.4 Å². The van der Waals surface area contributed by atoms with Crippen molar-refractivity contribution in [2.45, 2.75) is 46.0 Å². The monoisotopic (exact) mass is 502 g/mol. The predicted octanol–water partition coefficient (Wildman–Crippen LogP) is 2.99. The van der Waals surface area contributed by atoms with E-state index in [4.69, 9.17) is 23.8 Å². The number of ether oxygens (including phenoxy) is 4. The van der Waals surface area contributed by atoms with Crippen LogP contribution in [0.2, 0.25) is 0 Å². The van der Waals surface area contributed by atoms with E-state index in [2.05, 4.69) is 5.32 Å². The second-order valence-corrected chi connectivity index (χ2v) is 8.50. The zero-order chi connectivity index (χ0) is 26.2. The van der Waals surface area contributed by atoms with Crippen molar-refractivity contribution in [3.8, 4) is 11.5 Å². The van der Waals surface area contributed by atoms with Crippen molar-refractivity contribution in [1.29, 1.82) is 0 Å². The molecule has 0 aromatic heterocycles. The summed E-state index contributed by atoms with van der Waals surface area (Å²) < 4.78 is 21.5. The molecule has 2 aliphatic heterocycles. The normalized spacial score (nSPS) is 18.3. The van der Waals surface area contributed by atoms with Gasteiger partial charge in [0.05, 0.1) is 37.9 Å². The van der Waals surface area contributed by atoms with Gasteiger partial charge in [-0.2, -0.15) is 0 Å². The Morgan fingerprint density at radius 2 is 1.64 bits per heavy atom. The molecule has 3 rings (SSSR count). The molecular formula is C26H34N2O8. The largest absolute Gasteiger partial charge is 0.493 e. The molecule has 2 heterocycles. The number of allylic oxidation sites excluding steroid dienone is 2. The number of nitrogens with one attached hydrogen (secondary N) is 1. The SMILES string of the molecule is CCOC(=O)C1=C(C)NC(C)=C(C(=O)OC)C1c1ccc(OCC(=O)ON2CCCCC2)c(OC)c1. The Bertz CT molecular complexity index is 1060. The van der Waals surface area contributed by atoms with Crippen LogP contribution in [-0.2, 0) is 28.7 Å². The van der Waals surface area contributed by atoms with E-state index in [1.165, 1.54) is 14.2 Å². The highest BCUT2D eigenvalue weighted by molar-refractivity contribution is 5.99. The zero-order valence-corrected chi connectivity index (χ0v) is 21.5. The fraction of sp³-hybridized carbons (Fsp3) is 0.500. The molecule has 10 heteroatoms. The molecule has 0 amide bonds. The number of hydroxylamine groups is 2. The first-order valence-corrected chi connectivity index (χ1v) is 12.0. The van der Waals surface area contributed by atoms with Gasteiger partial charge in [0, 0.05) is 24.5 Å². The molecule has 2 aliphatic rings. The minimum Gasteiger partial charge on any atom is -0.493 e. The molecule has 1 N–H and O–H groups in total. The van der Waals surface area contributed by atoms with Gasteiger partial charge in [-0.1, -0.05) is 12.5 Å². The minimum absolute atomic E-state index is 0.183. The van der Waals surface area contributed by atoms with Crippen molar-refractivity contribution in [1.82, 2.24) is 10.4 Å². The summed E-state index contributed by atoms with van der Waals surface area (Å²) in [5, 5.41) is 4.74. The molecule has 36 heavy (non-hydrogen) atoms. The fourth-order valence-corrected chi connectivity index (χ4v) is 4.43. The van der Waals surface area contributed by atoms with Gasteiger partial charge in [0.2, 0.25) is 0 Å². The third-order valence-electron chi connectivity index (χ3n) is 6.07. The van der Waals surface area contributed by atoms with Crippen LogP contribution < -0.4 is 14.8 Å². The van der Waals surface area contributed by atoms with Gasteiger partial charge in [-0.05, 0) is 51.3 Å². The van der Waals surface area contributed by atoms with E-state index >= 15 is 0 Å². The van der Waals surface area contributed by atoms with Crippen molar-refractivity contribution in [3.63, 3.8) is 0 Å². The Kier molecular flexibility index (Phi) is 9.35. The van der Waals surface area contributed by atoms with Crippen LogP contribution in [0.25, 0.3) is 0 Å². The zero-order valence-electron chi connectivity index (χ0n) is 21.5. The van der Waals surface area contributed by atoms with Gasteiger partial charge in [-0.25, -0.2) is 14.4 Å². The Morgan fingerprint density at radius 3 is 2.25 bits per heavy atom. The van der Waals surface area contributed by atoms with Crippen molar-refractivity contribution in [3.05, 3.63) is 46.3 Å². The number of carbonyl (C=O) groups excluding carboxylic acids is 3. The van der Waals surface area contributed by atoms with Crippen LogP contribution in [0.4, 0.5) is 0 Å². The molecular weight excluding hydrogens is 468 g/mol. The number of esters is 2. The summed E-state index contributed by atoms with van der Waals surface area (Å²) in [4.78, 5) is 43.3. The third kappa shape index (κ3) is 6.17. The Hall–Kier alpha value is -3.53. The summed E-state index contributed by atoms with van der Waals surface area (Å²) in [7, 11) is 2.76. The molecule has 0 spiro atoms. The molecule has 0 radical (unpaired) electrons. The predicted molar refractivity (Wildman–Crippen MR) is 130 cm³/mol. The lowest BCUT2D eigenvalue weighted by Crippen LogP contribution is -2.34. The number of methoxy groups -OCH3 is 2. The van der Waals surface area contributed by atoms with Crippen molar-refractivity contribution in [2.75, 3.05) is 40.5 Å². The van der Waals surface area contributed by atoms with E-state index in [1.807, 2.05) is 0 Å². The maximum atomic E-state index is 12.9. The van der Waals surface area contributed by atoms with E-state index in [0.29, 0.717) is 47.1 Å². The number of benzene rings is 1. The highest BCUT2D eigenvalue weighted by Crippen LogP contribution is 2.42. The molecule has 1 atom stereocenters. The number of dihydropyridines is 1. The van der Waals surface area contributed by atoms with E-state index in [1.54, 1.807) is 44.0 Å². The van der Waals surface area contributed by atoms with Crippen LogP contribution in [0, 0.1) is 0 Å². The summed E-state index contributed by atoms with van der Waals surface area (Å²) in [6.07, 6.45) is 3.11. The molecule has 1 fully saturated rings. The Balaban J connectivity index is 1.88. The summed E-state index contributed by atoms with van der Waals surface area (Å²) in [6.45, 7) is 6.53. The highest BCUT2D eigenvalue weighted by Gasteiger charge is 2.38. The van der Waals surface area contributed by atoms with Gasteiger partial charge < -0.3 is 29.1 Å². The van der Waals surface area contributed by atoms with E-state index in [-0.39, 0.29) is 18.8 Å². The number of hydrogen-bond donors (Lipinski definition) is 1. The van der Waals surface area contributed by atoms with Crippen molar-refractivity contribution < 1.29 is 38.2 Å². The first kappa shape index (κ1) is 27.1. The molecule has 1 unspecified atom stereocenters. The van der Waals surface area contributed by atoms with E-state index < -0.39 is 23.8 Å². The number of hydrogen-bond acceptors (Lipinski definition) is 10. The maximum Gasteiger partial charge on any atom is 0.362 e. The average Bonchev–Trinajstić information content (AvgIpc) is 2.87. The molecule has 1 aromatic rings. The average molecular weight is 503 g/mol. The van der Waals surface area contributed by atoms with Gasteiger partial charge in [-0.3, -0.25) is 0 Å². The molecule has 10 nitrogen and oxygen atoms in total. The van der Waals surface area contributed by atoms with Crippen LogP contribution in [-0.4, -0.2) is 63.5 Å². The molecule has 196 valence electrons. The fourth-order valence-electron chi connectivity index (χ4n) is 4.43. The van der Waals surface area contributed by atoms with Crippen molar-refractivity contribution >= 4 is 17.9 Å². The second kappa shape index (κ2) is 12.4. The first-order chi connectivity index (χ1) is 17.3.